The topological polar surface area (TPSA) is 66.5 Å². The van der Waals surface area contributed by atoms with Crippen LogP contribution in [0.5, 0.6) is 0 Å². The van der Waals surface area contributed by atoms with Gasteiger partial charge in [-0.05, 0) is 67.6 Å². The maximum atomic E-state index is 12.9. The summed E-state index contributed by atoms with van der Waals surface area (Å²) in [6.07, 6.45) is 4.60. The molecule has 3 atom stereocenters. The number of carbonyl (C=O) groups excluding carboxylic acids is 3. The van der Waals surface area contributed by atoms with E-state index in [0.717, 1.165) is 16.8 Å². The van der Waals surface area contributed by atoms with Gasteiger partial charge in [-0.2, -0.15) is 0 Å². The number of amides is 3. The second-order valence-corrected chi connectivity index (χ2v) is 7.92. The van der Waals surface area contributed by atoms with E-state index < -0.39 is 0 Å². The van der Waals surface area contributed by atoms with Gasteiger partial charge < -0.3 is 5.32 Å². The van der Waals surface area contributed by atoms with Crippen molar-refractivity contribution in [3.63, 3.8) is 0 Å². The first-order valence-electron chi connectivity index (χ1n) is 9.90. The molecule has 1 fully saturated rings. The second-order valence-electron chi connectivity index (χ2n) is 7.92. The lowest BCUT2D eigenvalue weighted by Crippen LogP contribution is -2.31. The molecule has 0 aromatic heterocycles. The molecule has 5 heteroatoms. The summed E-state index contributed by atoms with van der Waals surface area (Å²) in [6, 6.07) is 12.4. The SMILES string of the molecule is Cc1cccc(NC(=O)c2ccc(N3C(=O)[C@H]4[C@H](C)C=CC[C@H]4C3=O)cc2)c1C. The zero-order valence-electron chi connectivity index (χ0n) is 16.8. The minimum atomic E-state index is -0.292. The van der Waals surface area contributed by atoms with Crippen molar-refractivity contribution in [2.75, 3.05) is 10.2 Å². The molecule has 1 aliphatic carbocycles. The number of hydrogen-bond donors (Lipinski definition) is 1. The van der Waals surface area contributed by atoms with Crippen LogP contribution in [0.15, 0.2) is 54.6 Å². The molecule has 29 heavy (non-hydrogen) atoms. The normalized spacial score (nSPS) is 23.3. The zero-order chi connectivity index (χ0) is 20.7. The summed E-state index contributed by atoms with van der Waals surface area (Å²) in [7, 11) is 0. The Balaban J connectivity index is 1.54. The quantitative estimate of drug-likeness (QED) is 0.631. The van der Waals surface area contributed by atoms with Crippen molar-refractivity contribution in [3.8, 4) is 0 Å². The fourth-order valence-corrected chi connectivity index (χ4v) is 4.24. The van der Waals surface area contributed by atoms with Crippen LogP contribution in [0, 0.1) is 31.6 Å². The molecular formula is C24H24N2O3. The lowest BCUT2D eigenvalue weighted by atomic mass is 9.78. The smallest absolute Gasteiger partial charge is 0.255 e. The summed E-state index contributed by atoms with van der Waals surface area (Å²) >= 11 is 0. The molecule has 0 radical (unpaired) electrons. The monoisotopic (exact) mass is 388 g/mol. The molecule has 0 unspecified atom stereocenters. The summed E-state index contributed by atoms with van der Waals surface area (Å²) in [4.78, 5) is 39.6. The largest absolute Gasteiger partial charge is 0.322 e. The van der Waals surface area contributed by atoms with E-state index in [1.165, 1.54) is 4.90 Å². The molecule has 1 N–H and O–H groups in total. The van der Waals surface area contributed by atoms with Gasteiger partial charge >= 0.3 is 0 Å². The van der Waals surface area contributed by atoms with Crippen LogP contribution in [-0.2, 0) is 9.59 Å². The fraction of sp³-hybridized carbons (Fsp3) is 0.292. The number of rotatable bonds is 3. The molecule has 5 nitrogen and oxygen atoms in total. The molecule has 148 valence electrons. The van der Waals surface area contributed by atoms with Crippen molar-refractivity contribution in [3.05, 3.63) is 71.3 Å². The van der Waals surface area contributed by atoms with Crippen LogP contribution < -0.4 is 10.2 Å². The number of allylic oxidation sites excluding steroid dienone is 2. The van der Waals surface area contributed by atoms with Crippen molar-refractivity contribution >= 4 is 29.1 Å². The Morgan fingerprint density at radius 1 is 1.03 bits per heavy atom. The molecule has 4 rings (SSSR count). The zero-order valence-corrected chi connectivity index (χ0v) is 16.8. The van der Waals surface area contributed by atoms with Gasteiger partial charge in [-0.25, -0.2) is 0 Å². The number of aryl methyl sites for hydroxylation is 1. The highest BCUT2D eigenvalue weighted by molar-refractivity contribution is 6.22. The maximum absolute atomic E-state index is 12.9. The standard InChI is InChI=1S/C24H24N2O3/c1-14-6-5-9-20(16(14)3)25-22(27)17-10-12-18(13-11-17)26-23(28)19-8-4-7-15(2)21(19)24(26)29/h4-7,9-13,15,19,21H,8H2,1-3H3,(H,25,27)/t15-,19-,21+/m1/s1. The molecule has 0 bridgehead atoms. The van der Waals surface area contributed by atoms with Gasteiger partial charge in [0.25, 0.3) is 5.91 Å². The molecule has 2 aliphatic rings. The van der Waals surface area contributed by atoms with Gasteiger partial charge in [0.1, 0.15) is 0 Å². The van der Waals surface area contributed by atoms with Crippen molar-refractivity contribution in [1.82, 2.24) is 0 Å². The Bertz CT molecular complexity index is 1020. The maximum Gasteiger partial charge on any atom is 0.255 e. The lowest BCUT2D eigenvalue weighted by molar-refractivity contribution is -0.122. The van der Waals surface area contributed by atoms with Gasteiger partial charge in [0.2, 0.25) is 11.8 Å². The summed E-state index contributed by atoms with van der Waals surface area (Å²) in [5.41, 5.74) is 3.89. The molecule has 1 aliphatic heterocycles. The van der Waals surface area contributed by atoms with Crippen LogP contribution in [0.1, 0.15) is 34.8 Å². The third-order valence-electron chi connectivity index (χ3n) is 6.11. The first-order chi connectivity index (χ1) is 13.9. The average Bonchev–Trinajstić information content (AvgIpc) is 2.97. The van der Waals surface area contributed by atoms with Gasteiger partial charge in [-0.15, -0.1) is 0 Å². The Kier molecular flexibility index (Phi) is 4.82. The van der Waals surface area contributed by atoms with E-state index in [2.05, 4.69) is 5.32 Å². The average molecular weight is 388 g/mol. The summed E-state index contributed by atoms with van der Waals surface area (Å²) in [5, 5.41) is 2.93. The van der Waals surface area contributed by atoms with E-state index >= 15 is 0 Å². The van der Waals surface area contributed by atoms with Crippen LogP contribution in [-0.4, -0.2) is 17.7 Å². The highest BCUT2D eigenvalue weighted by atomic mass is 16.2. The predicted octanol–water partition coefficient (Wildman–Crippen LogP) is 4.26. The van der Waals surface area contributed by atoms with Crippen molar-refractivity contribution < 1.29 is 14.4 Å². The molecule has 3 amide bonds. The number of nitrogens with zero attached hydrogens (tertiary/aromatic N) is 1. The minimum absolute atomic E-state index is 0.0535. The van der Waals surface area contributed by atoms with E-state index in [-0.39, 0.29) is 35.5 Å². The van der Waals surface area contributed by atoms with Crippen molar-refractivity contribution in [2.24, 2.45) is 17.8 Å². The molecule has 1 heterocycles. The summed E-state index contributed by atoms with van der Waals surface area (Å²) in [5.74, 6) is -1.04. The number of nitrogens with one attached hydrogen (secondary N) is 1. The van der Waals surface area contributed by atoms with Gasteiger partial charge in [0, 0.05) is 11.3 Å². The number of benzene rings is 2. The molecular weight excluding hydrogens is 364 g/mol. The van der Waals surface area contributed by atoms with E-state index in [1.54, 1.807) is 24.3 Å². The first kappa shape index (κ1) is 19.1. The van der Waals surface area contributed by atoms with Crippen molar-refractivity contribution in [2.45, 2.75) is 27.2 Å². The van der Waals surface area contributed by atoms with Gasteiger partial charge in [-0.1, -0.05) is 31.2 Å². The second kappa shape index (κ2) is 7.32. The molecule has 2 aromatic carbocycles. The third-order valence-corrected chi connectivity index (χ3v) is 6.11. The highest BCUT2D eigenvalue weighted by Gasteiger charge is 2.50. The van der Waals surface area contributed by atoms with E-state index in [4.69, 9.17) is 0 Å². The van der Waals surface area contributed by atoms with Crippen LogP contribution in [0.4, 0.5) is 11.4 Å². The van der Waals surface area contributed by atoms with Crippen LogP contribution in [0.25, 0.3) is 0 Å². The first-order valence-corrected chi connectivity index (χ1v) is 9.90. The van der Waals surface area contributed by atoms with Crippen LogP contribution in [0.2, 0.25) is 0 Å². The number of carbonyl (C=O) groups is 3. The molecule has 0 spiro atoms. The lowest BCUT2D eigenvalue weighted by Gasteiger charge is -2.22. The van der Waals surface area contributed by atoms with E-state index in [1.807, 2.05) is 51.1 Å². The Morgan fingerprint density at radius 2 is 1.76 bits per heavy atom. The molecule has 2 aromatic rings. The Labute approximate surface area is 170 Å². The van der Waals surface area contributed by atoms with Gasteiger partial charge in [0.15, 0.2) is 0 Å². The van der Waals surface area contributed by atoms with E-state index in [9.17, 15) is 14.4 Å². The summed E-state index contributed by atoms with van der Waals surface area (Å²) < 4.78 is 0. The summed E-state index contributed by atoms with van der Waals surface area (Å²) in [6.45, 7) is 5.94. The van der Waals surface area contributed by atoms with Crippen LogP contribution >= 0.6 is 0 Å². The Hall–Kier alpha value is -3.21. The minimum Gasteiger partial charge on any atom is -0.322 e. The number of fused-ring (bicyclic) bond motifs is 1. The van der Waals surface area contributed by atoms with E-state index in [0.29, 0.717) is 17.7 Å². The predicted molar refractivity (Wildman–Crippen MR) is 113 cm³/mol. The van der Waals surface area contributed by atoms with Gasteiger partial charge in [0.05, 0.1) is 17.5 Å². The van der Waals surface area contributed by atoms with Crippen LogP contribution in [0.3, 0.4) is 0 Å². The van der Waals surface area contributed by atoms with Crippen molar-refractivity contribution in [1.29, 1.82) is 0 Å². The number of imide groups is 1. The third kappa shape index (κ3) is 3.27. The number of hydrogen-bond acceptors (Lipinski definition) is 3. The number of anilines is 2. The molecule has 1 saturated heterocycles. The molecule has 0 saturated carbocycles. The Morgan fingerprint density at radius 3 is 2.45 bits per heavy atom. The van der Waals surface area contributed by atoms with Gasteiger partial charge in [-0.3, -0.25) is 19.3 Å². The highest BCUT2D eigenvalue weighted by Crippen LogP contribution is 2.40. The fourth-order valence-electron chi connectivity index (χ4n) is 4.24.